The van der Waals surface area contributed by atoms with Gasteiger partial charge in [-0.25, -0.2) is 0 Å². The van der Waals surface area contributed by atoms with Crippen LogP contribution in [0, 0.1) is 5.92 Å². The molecule has 2 atom stereocenters. The van der Waals surface area contributed by atoms with Crippen LogP contribution in [0.15, 0.2) is 0 Å². The van der Waals surface area contributed by atoms with Crippen LogP contribution in [0.5, 0.6) is 0 Å². The molecule has 1 saturated heterocycles. The van der Waals surface area contributed by atoms with E-state index >= 15 is 0 Å². The first-order valence-corrected chi connectivity index (χ1v) is 7.89. The lowest BCUT2D eigenvalue weighted by atomic mass is 9.85. The maximum atomic E-state index is 12.1. The molecule has 2 unspecified atom stereocenters. The highest BCUT2D eigenvalue weighted by molar-refractivity contribution is 5.81. The van der Waals surface area contributed by atoms with E-state index in [2.05, 4.69) is 5.32 Å². The number of nitrogens with two attached hydrogens (primary N) is 1. The number of carbonyl (C=O) groups excluding carboxylic acids is 1. The zero-order valence-corrected chi connectivity index (χ0v) is 11.9. The second kappa shape index (κ2) is 7.85. The minimum atomic E-state index is -0.327. The number of nitrogens with one attached hydrogen (secondary N) is 1. The zero-order valence-electron chi connectivity index (χ0n) is 11.9. The maximum Gasteiger partial charge on any atom is 0.237 e. The van der Waals surface area contributed by atoms with E-state index in [1.165, 1.54) is 32.1 Å². The predicted octanol–water partition coefficient (Wildman–Crippen LogP) is 1.97. The number of hydrogen-bond donors (Lipinski definition) is 2. The van der Waals surface area contributed by atoms with Gasteiger partial charge in [-0.05, 0) is 31.6 Å². The molecule has 19 heavy (non-hydrogen) atoms. The summed E-state index contributed by atoms with van der Waals surface area (Å²) < 4.78 is 5.41. The number of ether oxygens (including phenoxy) is 1. The summed E-state index contributed by atoms with van der Waals surface area (Å²) in [7, 11) is 0. The van der Waals surface area contributed by atoms with Crippen LogP contribution in [0.1, 0.15) is 57.8 Å². The van der Waals surface area contributed by atoms with Gasteiger partial charge >= 0.3 is 0 Å². The van der Waals surface area contributed by atoms with Gasteiger partial charge in [0.25, 0.3) is 0 Å². The van der Waals surface area contributed by atoms with Crippen molar-refractivity contribution in [2.45, 2.75) is 69.9 Å². The van der Waals surface area contributed by atoms with Crippen LogP contribution >= 0.6 is 0 Å². The quantitative estimate of drug-likeness (QED) is 0.819. The van der Waals surface area contributed by atoms with Crippen molar-refractivity contribution in [3.8, 4) is 0 Å². The van der Waals surface area contributed by atoms with Gasteiger partial charge < -0.3 is 15.8 Å². The topological polar surface area (TPSA) is 64.4 Å². The number of hydrogen-bond acceptors (Lipinski definition) is 3. The fourth-order valence-electron chi connectivity index (χ4n) is 3.25. The van der Waals surface area contributed by atoms with Gasteiger partial charge in [0.05, 0.1) is 6.04 Å². The summed E-state index contributed by atoms with van der Waals surface area (Å²) in [6.07, 6.45) is 10.3. The van der Waals surface area contributed by atoms with Crippen LogP contribution in [0.4, 0.5) is 0 Å². The van der Waals surface area contributed by atoms with E-state index < -0.39 is 0 Å². The molecule has 0 spiro atoms. The van der Waals surface area contributed by atoms with Crippen molar-refractivity contribution in [3.63, 3.8) is 0 Å². The lowest BCUT2D eigenvalue weighted by molar-refractivity contribution is -0.123. The summed E-state index contributed by atoms with van der Waals surface area (Å²) in [6, 6.07) is -0.0697. The summed E-state index contributed by atoms with van der Waals surface area (Å²) in [5, 5.41) is 3.10. The molecule has 0 radical (unpaired) electrons. The third-order valence-electron chi connectivity index (χ3n) is 4.45. The lowest BCUT2D eigenvalue weighted by Gasteiger charge is -2.25. The summed E-state index contributed by atoms with van der Waals surface area (Å²) in [5.74, 6) is 0.699. The molecule has 2 aliphatic rings. The minimum Gasteiger partial charge on any atom is -0.381 e. The van der Waals surface area contributed by atoms with Crippen LogP contribution in [-0.2, 0) is 9.53 Å². The fraction of sp³-hybridized carbons (Fsp3) is 0.933. The van der Waals surface area contributed by atoms with Crippen LogP contribution in [0.25, 0.3) is 0 Å². The predicted molar refractivity (Wildman–Crippen MR) is 75.8 cm³/mol. The molecular weight excluding hydrogens is 240 g/mol. The van der Waals surface area contributed by atoms with Gasteiger partial charge in [-0.2, -0.15) is 0 Å². The van der Waals surface area contributed by atoms with Crippen molar-refractivity contribution < 1.29 is 9.53 Å². The molecule has 0 bridgehead atoms. The molecule has 1 aliphatic carbocycles. The first-order chi connectivity index (χ1) is 9.25. The van der Waals surface area contributed by atoms with Gasteiger partial charge in [0.1, 0.15) is 0 Å². The highest BCUT2D eigenvalue weighted by Crippen LogP contribution is 2.27. The standard InChI is InChI=1S/C15H28N2O2/c16-14(11-12-5-2-1-3-6-12)15(18)17-13-7-4-9-19-10-8-13/h12-14H,1-11,16H2,(H,17,18). The largest absolute Gasteiger partial charge is 0.381 e. The molecular formula is C15H28N2O2. The van der Waals surface area contributed by atoms with Gasteiger partial charge in [-0.3, -0.25) is 4.79 Å². The molecule has 1 heterocycles. The summed E-state index contributed by atoms with van der Waals surface area (Å²) in [4.78, 5) is 12.1. The van der Waals surface area contributed by atoms with Crippen molar-refractivity contribution in [2.75, 3.05) is 13.2 Å². The number of carbonyl (C=O) groups is 1. The van der Waals surface area contributed by atoms with E-state index in [0.717, 1.165) is 38.9 Å². The first kappa shape index (κ1) is 14.8. The van der Waals surface area contributed by atoms with Gasteiger partial charge in [-0.15, -0.1) is 0 Å². The second-order valence-corrected chi connectivity index (χ2v) is 6.10. The number of rotatable bonds is 4. The summed E-state index contributed by atoms with van der Waals surface area (Å²) in [5.41, 5.74) is 6.06. The van der Waals surface area contributed by atoms with Crippen molar-refractivity contribution in [1.29, 1.82) is 0 Å². The normalized spacial score (nSPS) is 27.5. The van der Waals surface area contributed by atoms with Crippen LogP contribution in [-0.4, -0.2) is 31.2 Å². The van der Waals surface area contributed by atoms with Crippen molar-refractivity contribution in [2.24, 2.45) is 11.7 Å². The Bertz CT molecular complexity index is 269. The third-order valence-corrected chi connectivity index (χ3v) is 4.45. The Morgan fingerprint density at radius 2 is 1.89 bits per heavy atom. The van der Waals surface area contributed by atoms with Crippen LogP contribution < -0.4 is 11.1 Å². The monoisotopic (exact) mass is 268 g/mol. The molecule has 3 N–H and O–H groups in total. The molecule has 4 heteroatoms. The average Bonchev–Trinajstić information content (AvgIpc) is 2.68. The molecule has 0 aromatic heterocycles. The fourth-order valence-corrected chi connectivity index (χ4v) is 3.25. The summed E-state index contributed by atoms with van der Waals surface area (Å²) >= 11 is 0. The van der Waals surface area contributed by atoms with E-state index in [1.807, 2.05) is 0 Å². The van der Waals surface area contributed by atoms with Crippen molar-refractivity contribution in [1.82, 2.24) is 5.32 Å². The van der Waals surface area contributed by atoms with E-state index in [-0.39, 0.29) is 18.0 Å². The van der Waals surface area contributed by atoms with Crippen LogP contribution in [0.2, 0.25) is 0 Å². The van der Waals surface area contributed by atoms with E-state index in [1.54, 1.807) is 0 Å². The Morgan fingerprint density at radius 1 is 1.11 bits per heavy atom. The third kappa shape index (κ3) is 5.11. The SMILES string of the molecule is NC(CC1CCCCC1)C(=O)NC1CCCOCC1. The second-order valence-electron chi connectivity index (χ2n) is 6.10. The molecule has 0 aromatic carbocycles. The first-order valence-electron chi connectivity index (χ1n) is 7.89. The Kier molecular flexibility index (Phi) is 6.11. The molecule has 1 amide bonds. The molecule has 1 aliphatic heterocycles. The molecule has 2 fully saturated rings. The molecule has 0 aromatic rings. The molecule has 110 valence electrons. The smallest absolute Gasteiger partial charge is 0.237 e. The van der Waals surface area contributed by atoms with Crippen molar-refractivity contribution >= 4 is 5.91 Å². The highest BCUT2D eigenvalue weighted by atomic mass is 16.5. The van der Waals surface area contributed by atoms with E-state index in [0.29, 0.717) is 5.92 Å². The maximum absolute atomic E-state index is 12.1. The molecule has 1 saturated carbocycles. The Hall–Kier alpha value is -0.610. The summed E-state index contributed by atoms with van der Waals surface area (Å²) in [6.45, 7) is 1.57. The van der Waals surface area contributed by atoms with Gasteiger partial charge in [0.15, 0.2) is 0 Å². The van der Waals surface area contributed by atoms with E-state index in [4.69, 9.17) is 10.5 Å². The average molecular weight is 268 g/mol. The molecule has 4 nitrogen and oxygen atoms in total. The van der Waals surface area contributed by atoms with Gasteiger partial charge in [0.2, 0.25) is 5.91 Å². The van der Waals surface area contributed by atoms with Crippen LogP contribution in [0.3, 0.4) is 0 Å². The van der Waals surface area contributed by atoms with E-state index in [9.17, 15) is 4.79 Å². The van der Waals surface area contributed by atoms with Gasteiger partial charge in [0, 0.05) is 19.3 Å². The van der Waals surface area contributed by atoms with Crippen molar-refractivity contribution in [3.05, 3.63) is 0 Å². The molecule has 2 rings (SSSR count). The Balaban J connectivity index is 1.71. The lowest BCUT2D eigenvalue weighted by Crippen LogP contribution is -2.46. The Labute approximate surface area is 116 Å². The number of amides is 1. The Morgan fingerprint density at radius 3 is 2.68 bits per heavy atom. The highest BCUT2D eigenvalue weighted by Gasteiger charge is 2.23. The zero-order chi connectivity index (χ0) is 13.5. The van der Waals surface area contributed by atoms with Gasteiger partial charge in [-0.1, -0.05) is 32.1 Å². The minimum absolute atomic E-state index is 0.0393.